The molecule has 3 rings (SSSR count). The number of hydrogen-bond donors (Lipinski definition) is 0. The molecule has 0 radical (unpaired) electrons. The Kier molecular flexibility index (Phi) is 10.5. The molecule has 0 amide bonds. The smallest absolute Gasteiger partial charge is 0.160 e. The lowest BCUT2D eigenvalue weighted by Crippen LogP contribution is -2.23. The number of hydrogen-bond acceptors (Lipinski definition) is 4. The topological polar surface area (TPSA) is 30.9 Å². The Bertz CT molecular complexity index is 1120. The van der Waals surface area contributed by atoms with E-state index < -0.39 is 0 Å². The number of aryl methyl sites for hydroxylation is 2. The van der Waals surface area contributed by atoms with Gasteiger partial charge in [-0.2, -0.15) is 0 Å². The fourth-order valence-electron chi connectivity index (χ4n) is 4.04. The Morgan fingerprint density at radius 3 is 2.26 bits per heavy atom. The Labute approximate surface area is 210 Å². The molecule has 0 spiro atoms. The monoisotopic (exact) mass is 471 g/mol. The maximum absolute atomic E-state index is 5.47. The maximum atomic E-state index is 5.47. The summed E-state index contributed by atoms with van der Waals surface area (Å²) in [4.78, 5) is 2.38. The highest BCUT2D eigenvalue weighted by Gasteiger charge is 2.07. The molecule has 0 aliphatic heterocycles. The van der Waals surface area contributed by atoms with Gasteiger partial charge in [-0.3, -0.25) is 0 Å². The molecule has 0 saturated carbocycles. The molecule has 3 aromatic rings. The van der Waals surface area contributed by atoms with E-state index in [4.69, 9.17) is 14.2 Å². The summed E-state index contributed by atoms with van der Waals surface area (Å²) in [7, 11) is 7.23. The molecule has 0 aliphatic carbocycles. The van der Waals surface area contributed by atoms with Gasteiger partial charge in [0, 0.05) is 18.5 Å². The van der Waals surface area contributed by atoms with Gasteiger partial charge in [0.2, 0.25) is 0 Å². The number of methoxy groups -OCH3 is 3. The molecular formula is C31H37NO3. The molecule has 35 heavy (non-hydrogen) atoms. The van der Waals surface area contributed by atoms with Gasteiger partial charge in [0.1, 0.15) is 5.75 Å². The van der Waals surface area contributed by atoms with E-state index in [1.807, 2.05) is 18.2 Å². The SMILES string of the molecule is COc1ccc(C#CCCc2ccccc2)c(CCCN(C)CCc2ccc(OC)c(OC)c2)c1. The van der Waals surface area contributed by atoms with E-state index in [0.29, 0.717) is 0 Å². The van der Waals surface area contributed by atoms with Crippen molar-refractivity contribution in [2.75, 3.05) is 41.5 Å². The number of benzene rings is 3. The van der Waals surface area contributed by atoms with Gasteiger partial charge in [0.25, 0.3) is 0 Å². The van der Waals surface area contributed by atoms with Gasteiger partial charge in [-0.25, -0.2) is 0 Å². The Hall–Kier alpha value is -3.42. The zero-order valence-corrected chi connectivity index (χ0v) is 21.5. The minimum atomic E-state index is 0.766. The van der Waals surface area contributed by atoms with Crippen LogP contribution in [0.1, 0.15) is 35.1 Å². The number of rotatable bonds is 12. The molecule has 0 aromatic heterocycles. The summed E-state index contributed by atoms with van der Waals surface area (Å²) < 4.78 is 16.2. The average molecular weight is 472 g/mol. The van der Waals surface area contributed by atoms with Crippen molar-refractivity contribution in [3.63, 3.8) is 0 Å². The van der Waals surface area contributed by atoms with Gasteiger partial charge < -0.3 is 19.1 Å². The van der Waals surface area contributed by atoms with Crippen LogP contribution in [0.3, 0.4) is 0 Å². The van der Waals surface area contributed by atoms with Crippen LogP contribution in [-0.2, 0) is 19.3 Å². The van der Waals surface area contributed by atoms with Crippen LogP contribution in [0.15, 0.2) is 66.7 Å². The van der Waals surface area contributed by atoms with Crippen molar-refractivity contribution in [2.45, 2.75) is 32.1 Å². The van der Waals surface area contributed by atoms with Crippen molar-refractivity contribution < 1.29 is 14.2 Å². The van der Waals surface area contributed by atoms with Crippen molar-refractivity contribution in [2.24, 2.45) is 0 Å². The van der Waals surface area contributed by atoms with Crippen LogP contribution in [0.4, 0.5) is 0 Å². The summed E-state index contributed by atoms with van der Waals surface area (Å²) in [6.45, 7) is 2.01. The predicted molar refractivity (Wildman–Crippen MR) is 144 cm³/mol. The van der Waals surface area contributed by atoms with Crippen LogP contribution < -0.4 is 14.2 Å². The minimum absolute atomic E-state index is 0.766. The van der Waals surface area contributed by atoms with E-state index in [-0.39, 0.29) is 0 Å². The second-order valence-electron chi connectivity index (χ2n) is 8.66. The molecule has 0 fully saturated rings. The van der Waals surface area contributed by atoms with Crippen molar-refractivity contribution in [3.8, 4) is 29.1 Å². The summed E-state index contributed by atoms with van der Waals surface area (Å²) in [6, 6.07) is 22.9. The van der Waals surface area contributed by atoms with Crippen LogP contribution in [0.2, 0.25) is 0 Å². The van der Waals surface area contributed by atoms with Crippen LogP contribution in [-0.4, -0.2) is 46.4 Å². The first-order chi connectivity index (χ1) is 17.1. The van der Waals surface area contributed by atoms with E-state index in [9.17, 15) is 0 Å². The molecule has 0 aliphatic rings. The zero-order chi connectivity index (χ0) is 24.9. The zero-order valence-electron chi connectivity index (χ0n) is 21.5. The van der Waals surface area contributed by atoms with E-state index in [0.717, 1.165) is 68.0 Å². The van der Waals surface area contributed by atoms with E-state index in [2.05, 4.69) is 72.3 Å². The lowest BCUT2D eigenvalue weighted by Gasteiger charge is -2.17. The average Bonchev–Trinajstić information content (AvgIpc) is 2.90. The van der Waals surface area contributed by atoms with Crippen LogP contribution >= 0.6 is 0 Å². The second-order valence-corrected chi connectivity index (χ2v) is 8.66. The third-order valence-corrected chi connectivity index (χ3v) is 6.13. The molecule has 184 valence electrons. The van der Waals surface area contributed by atoms with Crippen molar-refractivity contribution in [3.05, 3.63) is 89.0 Å². The summed E-state index contributed by atoms with van der Waals surface area (Å²) in [5.41, 5.74) is 4.93. The Balaban J connectivity index is 1.51. The molecule has 0 atom stereocenters. The molecule has 0 bridgehead atoms. The predicted octanol–water partition coefficient (Wildman–Crippen LogP) is 5.80. The van der Waals surface area contributed by atoms with Gasteiger partial charge in [0.05, 0.1) is 21.3 Å². The lowest BCUT2D eigenvalue weighted by molar-refractivity contribution is 0.332. The third kappa shape index (κ3) is 8.38. The highest BCUT2D eigenvalue weighted by molar-refractivity contribution is 5.46. The molecule has 4 heteroatoms. The maximum Gasteiger partial charge on any atom is 0.160 e. The molecule has 0 heterocycles. The van der Waals surface area contributed by atoms with E-state index in [1.54, 1.807) is 21.3 Å². The number of nitrogens with zero attached hydrogens (tertiary/aromatic N) is 1. The number of likely N-dealkylation sites (N-methyl/N-ethyl adjacent to an activating group) is 1. The summed E-state index contributed by atoms with van der Waals surface area (Å²) >= 11 is 0. The normalized spacial score (nSPS) is 10.5. The first kappa shape index (κ1) is 26.2. The van der Waals surface area contributed by atoms with Gasteiger partial charge in [-0.05, 0) is 86.3 Å². The van der Waals surface area contributed by atoms with Crippen molar-refractivity contribution in [1.82, 2.24) is 4.90 Å². The van der Waals surface area contributed by atoms with Crippen LogP contribution in [0.5, 0.6) is 17.2 Å². The quantitative estimate of drug-likeness (QED) is 0.312. The minimum Gasteiger partial charge on any atom is -0.497 e. The molecule has 4 nitrogen and oxygen atoms in total. The molecule has 0 unspecified atom stereocenters. The Morgan fingerprint density at radius 2 is 1.51 bits per heavy atom. The molecule has 3 aromatic carbocycles. The lowest BCUT2D eigenvalue weighted by atomic mass is 10.0. The van der Waals surface area contributed by atoms with Crippen LogP contribution in [0, 0.1) is 11.8 Å². The van der Waals surface area contributed by atoms with Gasteiger partial charge in [-0.1, -0.05) is 48.2 Å². The van der Waals surface area contributed by atoms with Crippen molar-refractivity contribution in [1.29, 1.82) is 0 Å². The Morgan fingerprint density at radius 1 is 0.714 bits per heavy atom. The molecular weight excluding hydrogens is 434 g/mol. The molecule has 0 saturated heterocycles. The van der Waals surface area contributed by atoms with Gasteiger partial charge in [0.15, 0.2) is 11.5 Å². The third-order valence-electron chi connectivity index (χ3n) is 6.13. The summed E-state index contributed by atoms with van der Waals surface area (Å²) in [6.07, 6.45) is 4.83. The van der Waals surface area contributed by atoms with Gasteiger partial charge >= 0.3 is 0 Å². The number of ether oxygens (including phenoxy) is 3. The standard InChI is InChI=1S/C31H37NO3/c1-32(22-20-26-16-19-30(34-3)31(23-26)35-4)21-10-15-28-24-29(33-2)18-17-27(28)14-9-8-13-25-11-6-5-7-12-25/h5-7,11-12,16-19,23-24H,8,10,13,15,20-22H2,1-4H3. The largest absolute Gasteiger partial charge is 0.497 e. The first-order valence-electron chi connectivity index (χ1n) is 12.2. The van der Waals surface area contributed by atoms with Crippen molar-refractivity contribution >= 4 is 0 Å². The molecule has 0 N–H and O–H groups in total. The fourth-order valence-corrected chi connectivity index (χ4v) is 4.04. The van der Waals surface area contributed by atoms with E-state index >= 15 is 0 Å². The fraction of sp³-hybridized carbons (Fsp3) is 0.355. The highest BCUT2D eigenvalue weighted by Crippen LogP contribution is 2.27. The summed E-state index contributed by atoms with van der Waals surface area (Å²) in [5.74, 6) is 9.19. The van der Waals surface area contributed by atoms with Gasteiger partial charge in [-0.15, -0.1) is 0 Å². The highest BCUT2D eigenvalue weighted by atomic mass is 16.5. The van der Waals surface area contributed by atoms with E-state index in [1.165, 1.54) is 16.7 Å². The first-order valence-corrected chi connectivity index (χ1v) is 12.2. The van der Waals surface area contributed by atoms with Crippen LogP contribution in [0.25, 0.3) is 0 Å². The summed E-state index contributed by atoms with van der Waals surface area (Å²) in [5, 5.41) is 0. The second kappa shape index (κ2) is 14.1.